The van der Waals surface area contributed by atoms with Gasteiger partial charge >= 0.3 is 0 Å². The highest BCUT2D eigenvalue weighted by atomic mass is 15.0. The van der Waals surface area contributed by atoms with E-state index >= 15 is 0 Å². The Labute approximate surface area is 98.1 Å². The molecule has 0 bridgehead atoms. The van der Waals surface area contributed by atoms with Crippen molar-refractivity contribution in [3.8, 4) is 0 Å². The zero-order valence-corrected chi connectivity index (χ0v) is 10.5. The van der Waals surface area contributed by atoms with Crippen LogP contribution in [0.5, 0.6) is 0 Å². The van der Waals surface area contributed by atoms with Crippen LogP contribution in [0, 0.1) is 12.8 Å². The van der Waals surface area contributed by atoms with Crippen LogP contribution in [-0.4, -0.2) is 4.57 Å². The first kappa shape index (κ1) is 11.3. The molecule has 1 heteroatoms. The number of rotatable bonds is 4. The molecule has 0 saturated carbocycles. The van der Waals surface area contributed by atoms with Crippen LogP contribution in [0.3, 0.4) is 0 Å². The molecule has 0 radical (unpaired) electrons. The summed E-state index contributed by atoms with van der Waals surface area (Å²) in [7, 11) is 0. The Kier molecular flexibility index (Phi) is 3.33. The topological polar surface area (TPSA) is 4.93 Å². The monoisotopic (exact) mass is 215 g/mol. The molecule has 86 valence electrons. The van der Waals surface area contributed by atoms with Crippen LogP contribution >= 0.6 is 0 Å². The van der Waals surface area contributed by atoms with Crippen molar-refractivity contribution in [1.29, 1.82) is 0 Å². The number of hydrogen-bond acceptors (Lipinski definition) is 0. The van der Waals surface area contributed by atoms with Crippen LogP contribution in [0.1, 0.15) is 32.3 Å². The zero-order chi connectivity index (χ0) is 11.5. The average Bonchev–Trinajstić information content (AvgIpc) is 2.71. The largest absolute Gasteiger partial charge is 0.347 e. The van der Waals surface area contributed by atoms with Crippen molar-refractivity contribution < 1.29 is 0 Å². The highest BCUT2D eigenvalue weighted by Crippen LogP contribution is 2.21. The first-order valence-electron chi connectivity index (χ1n) is 6.30. The smallest absolute Gasteiger partial charge is 0.0483 e. The number of nitrogens with zero attached hydrogens (tertiary/aromatic N) is 1. The highest BCUT2D eigenvalue weighted by molar-refractivity contribution is 5.83. The van der Waals surface area contributed by atoms with Gasteiger partial charge in [0.2, 0.25) is 0 Å². The SMILES string of the molecule is CCC(CC)Cn1ccc2c(C)cccc21. The fourth-order valence-corrected chi connectivity index (χ4v) is 2.36. The predicted molar refractivity (Wildman–Crippen MR) is 70.7 cm³/mol. The number of fused-ring (bicyclic) bond motifs is 1. The van der Waals surface area contributed by atoms with Gasteiger partial charge in [-0.1, -0.05) is 38.8 Å². The summed E-state index contributed by atoms with van der Waals surface area (Å²) < 4.78 is 2.40. The maximum atomic E-state index is 2.40. The molecule has 0 aliphatic heterocycles. The van der Waals surface area contributed by atoms with E-state index in [1.165, 1.54) is 29.3 Å². The molecule has 0 unspecified atom stereocenters. The van der Waals surface area contributed by atoms with Crippen molar-refractivity contribution in [1.82, 2.24) is 4.57 Å². The van der Waals surface area contributed by atoms with E-state index in [9.17, 15) is 0 Å². The molecule has 0 spiro atoms. The predicted octanol–water partition coefficient (Wildman–Crippen LogP) is 4.39. The maximum absolute atomic E-state index is 2.40. The van der Waals surface area contributed by atoms with E-state index in [4.69, 9.17) is 0 Å². The van der Waals surface area contributed by atoms with E-state index in [0.29, 0.717) is 0 Å². The van der Waals surface area contributed by atoms with Crippen LogP contribution in [-0.2, 0) is 6.54 Å². The van der Waals surface area contributed by atoms with Crippen molar-refractivity contribution in [3.63, 3.8) is 0 Å². The third kappa shape index (κ3) is 1.99. The highest BCUT2D eigenvalue weighted by Gasteiger charge is 2.07. The Balaban J connectivity index is 2.35. The van der Waals surface area contributed by atoms with Crippen LogP contribution in [0.25, 0.3) is 10.9 Å². The van der Waals surface area contributed by atoms with Gasteiger partial charge < -0.3 is 4.57 Å². The van der Waals surface area contributed by atoms with Gasteiger partial charge in [-0.05, 0) is 30.5 Å². The summed E-state index contributed by atoms with van der Waals surface area (Å²) in [4.78, 5) is 0. The van der Waals surface area contributed by atoms with E-state index in [1.54, 1.807) is 0 Å². The molecule has 2 rings (SSSR count). The second-order valence-electron chi connectivity index (χ2n) is 4.66. The van der Waals surface area contributed by atoms with E-state index in [-0.39, 0.29) is 0 Å². The van der Waals surface area contributed by atoms with E-state index in [1.807, 2.05) is 0 Å². The molecule has 0 fully saturated rings. The molecular formula is C15H21N. The molecule has 0 N–H and O–H groups in total. The molecule has 0 atom stereocenters. The standard InChI is InChI=1S/C15H21N/c1-4-13(5-2)11-16-10-9-14-12(3)7-6-8-15(14)16/h6-10,13H,4-5,11H2,1-3H3. The Morgan fingerprint density at radius 2 is 1.88 bits per heavy atom. The number of aromatic nitrogens is 1. The van der Waals surface area contributed by atoms with Crippen LogP contribution in [0.4, 0.5) is 0 Å². The molecule has 16 heavy (non-hydrogen) atoms. The van der Waals surface area contributed by atoms with Gasteiger partial charge in [-0.15, -0.1) is 0 Å². The van der Waals surface area contributed by atoms with Gasteiger partial charge in [0, 0.05) is 23.6 Å². The Morgan fingerprint density at radius 3 is 2.56 bits per heavy atom. The summed E-state index contributed by atoms with van der Waals surface area (Å²) in [6.07, 6.45) is 4.76. The summed E-state index contributed by atoms with van der Waals surface area (Å²) >= 11 is 0. The molecule has 2 aromatic rings. The van der Waals surface area contributed by atoms with Gasteiger partial charge in [0.05, 0.1) is 0 Å². The maximum Gasteiger partial charge on any atom is 0.0483 e. The molecule has 1 heterocycles. The van der Waals surface area contributed by atoms with Crippen molar-refractivity contribution in [2.24, 2.45) is 5.92 Å². The molecule has 1 aromatic heterocycles. The lowest BCUT2D eigenvalue weighted by Crippen LogP contribution is -2.07. The summed E-state index contributed by atoms with van der Waals surface area (Å²) in [6.45, 7) is 7.90. The Hall–Kier alpha value is -1.24. The second kappa shape index (κ2) is 4.73. The number of hydrogen-bond donors (Lipinski definition) is 0. The van der Waals surface area contributed by atoms with Gasteiger partial charge in [0.15, 0.2) is 0 Å². The lowest BCUT2D eigenvalue weighted by Gasteiger charge is -2.14. The quantitative estimate of drug-likeness (QED) is 0.713. The van der Waals surface area contributed by atoms with Crippen molar-refractivity contribution in [2.45, 2.75) is 40.2 Å². The molecule has 0 saturated heterocycles. The van der Waals surface area contributed by atoms with E-state index in [2.05, 4.69) is 55.8 Å². The first-order chi connectivity index (χ1) is 7.76. The molecule has 1 nitrogen and oxygen atoms in total. The van der Waals surface area contributed by atoms with Gasteiger partial charge in [0.1, 0.15) is 0 Å². The molecular weight excluding hydrogens is 194 g/mol. The van der Waals surface area contributed by atoms with Crippen LogP contribution in [0.15, 0.2) is 30.5 Å². The minimum Gasteiger partial charge on any atom is -0.347 e. The van der Waals surface area contributed by atoms with E-state index in [0.717, 1.165) is 12.5 Å². The lowest BCUT2D eigenvalue weighted by molar-refractivity contribution is 0.425. The summed E-state index contributed by atoms with van der Waals surface area (Å²) in [5, 5.41) is 1.40. The number of benzene rings is 1. The Morgan fingerprint density at radius 1 is 1.12 bits per heavy atom. The third-order valence-corrected chi connectivity index (χ3v) is 3.64. The molecule has 1 aromatic carbocycles. The minimum atomic E-state index is 0.802. The normalized spacial score (nSPS) is 11.5. The fourth-order valence-electron chi connectivity index (χ4n) is 2.36. The summed E-state index contributed by atoms with van der Waals surface area (Å²) in [5.41, 5.74) is 2.76. The summed E-state index contributed by atoms with van der Waals surface area (Å²) in [5.74, 6) is 0.802. The second-order valence-corrected chi connectivity index (χ2v) is 4.66. The number of aryl methyl sites for hydroxylation is 1. The average molecular weight is 215 g/mol. The van der Waals surface area contributed by atoms with Gasteiger partial charge in [-0.2, -0.15) is 0 Å². The summed E-state index contributed by atoms with van der Waals surface area (Å²) in [6, 6.07) is 8.81. The fraction of sp³-hybridized carbons (Fsp3) is 0.467. The molecule has 0 amide bonds. The zero-order valence-electron chi connectivity index (χ0n) is 10.5. The Bertz CT molecular complexity index is 463. The lowest BCUT2D eigenvalue weighted by atomic mass is 10.0. The van der Waals surface area contributed by atoms with Gasteiger partial charge in [-0.25, -0.2) is 0 Å². The van der Waals surface area contributed by atoms with Crippen LogP contribution in [0.2, 0.25) is 0 Å². The van der Waals surface area contributed by atoms with Crippen molar-refractivity contribution in [3.05, 3.63) is 36.0 Å². The van der Waals surface area contributed by atoms with Crippen LogP contribution < -0.4 is 0 Å². The minimum absolute atomic E-state index is 0.802. The van der Waals surface area contributed by atoms with Gasteiger partial charge in [0.25, 0.3) is 0 Å². The van der Waals surface area contributed by atoms with Crippen molar-refractivity contribution >= 4 is 10.9 Å². The van der Waals surface area contributed by atoms with E-state index < -0.39 is 0 Å². The third-order valence-electron chi connectivity index (χ3n) is 3.64. The van der Waals surface area contributed by atoms with Gasteiger partial charge in [-0.3, -0.25) is 0 Å². The van der Waals surface area contributed by atoms with Crippen molar-refractivity contribution in [2.75, 3.05) is 0 Å². The molecule has 0 aliphatic carbocycles. The molecule has 0 aliphatic rings. The first-order valence-corrected chi connectivity index (χ1v) is 6.30.